The molecule has 0 amide bonds. The predicted octanol–water partition coefficient (Wildman–Crippen LogP) is 3.03. The average Bonchev–Trinajstić information content (AvgIpc) is 2.50. The van der Waals surface area contributed by atoms with Gasteiger partial charge >= 0.3 is 0 Å². The number of nitrogens with zero attached hydrogens (tertiary/aromatic N) is 1. The van der Waals surface area contributed by atoms with Crippen LogP contribution >= 0.6 is 0 Å². The van der Waals surface area contributed by atoms with E-state index in [-0.39, 0.29) is 0 Å². The SMILES string of the molecule is CCCN(C(C)C)C1CCCCCC1NC. The lowest BCUT2D eigenvalue weighted by Gasteiger charge is -2.39. The van der Waals surface area contributed by atoms with Crippen molar-refractivity contribution >= 4 is 0 Å². The summed E-state index contributed by atoms with van der Waals surface area (Å²) in [5.41, 5.74) is 0. The Bertz CT molecular complexity index is 180. The minimum atomic E-state index is 0.680. The largest absolute Gasteiger partial charge is 0.315 e. The summed E-state index contributed by atoms with van der Waals surface area (Å²) in [7, 11) is 2.13. The van der Waals surface area contributed by atoms with Gasteiger partial charge in [0.15, 0.2) is 0 Å². The molecule has 2 atom stereocenters. The molecule has 0 saturated heterocycles. The van der Waals surface area contributed by atoms with Crippen molar-refractivity contribution < 1.29 is 0 Å². The summed E-state index contributed by atoms with van der Waals surface area (Å²) in [6, 6.07) is 2.14. The van der Waals surface area contributed by atoms with Crippen molar-refractivity contribution in [2.75, 3.05) is 13.6 Å². The molecule has 2 unspecified atom stereocenters. The van der Waals surface area contributed by atoms with Crippen molar-refractivity contribution in [3.8, 4) is 0 Å². The summed E-state index contributed by atoms with van der Waals surface area (Å²) in [6.07, 6.45) is 8.24. The lowest BCUT2D eigenvalue weighted by atomic mass is 9.99. The first-order valence-electron chi connectivity index (χ1n) is 7.13. The Hall–Kier alpha value is -0.0800. The minimum Gasteiger partial charge on any atom is -0.315 e. The molecule has 0 aromatic carbocycles. The summed E-state index contributed by atoms with van der Waals surface area (Å²) in [4.78, 5) is 2.71. The zero-order chi connectivity index (χ0) is 12.0. The van der Waals surface area contributed by atoms with Gasteiger partial charge in [-0.1, -0.05) is 26.2 Å². The van der Waals surface area contributed by atoms with Gasteiger partial charge in [-0.05, 0) is 46.7 Å². The van der Waals surface area contributed by atoms with E-state index in [0.29, 0.717) is 12.1 Å². The molecule has 2 heteroatoms. The van der Waals surface area contributed by atoms with Crippen LogP contribution in [0.15, 0.2) is 0 Å². The van der Waals surface area contributed by atoms with Gasteiger partial charge in [0.25, 0.3) is 0 Å². The molecule has 0 spiro atoms. The maximum absolute atomic E-state index is 3.55. The molecule has 96 valence electrons. The van der Waals surface area contributed by atoms with Crippen molar-refractivity contribution in [3.05, 3.63) is 0 Å². The third-order valence-corrected chi connectivity index (χ3v) is 3.92. The standard InChI is InChI=1S/C14H30N2/c1-5-11-16(12(2)3)14-10-8-6-7-9-13(14)15-4/h12-15H,5-11H2,1-4H3. The zero-order valence-electron chi connectivity index (χ0n) is 11.6. The minimum absolute atomic E-state index is 0.680. The Morgan fingerprint density at radius 1 is 1.19 bits per heavy atom. The zero-order valence-corrected chi connectivity index (χ0v) is 11.6. The van der Waals surface area contributed by atoms with Crippen LogP contribution < -0.4 is 5.32 Å². The topological polar surface area (TPSA) is 15.3 Å². The third kappa shape index (κ3) is 3.74. The Morgan fingerprint density at radius 3 is 2.44 bits per heavy atom. The molecule has 0 aromatic heterocycles. The molecule has 0 bridgehead atoms. The van der Waals surface area contributed by atoms with E-state index in [1.807, 2.05) is 0 Å². The molecule has 1 rings (SSSR count). The lowest BCUT2D eigenvalue weighted by molar-refractivity contribution is 0.116. The van der Waals surface area contributed by atoms with E-state index < -0.39 is 0 Å². The van der Waals surface area contributed by atoms with E-state index in [1.165, 1.54) is 45.1 Å². The summed E-state index contributed by atoms with van der Waals surface area (Å²) >= 11 is 0. The Kier molecular flexibility index (Phi) is 6.37. The van der Waals surface area contributed by atoms with Crippen molar-refractivity contribution in [1.82, 2.24) is 10.2 Å². The van der Waals surface area contributed by atoms with Gasteiger partial charge in [0.05, 0.1) is 0 Å². The van der Waals surface area contributed by atoms with Crippen LogP contribution in [0.4, 0.5) is 0 Å². The van der Waals surface area contributed by atoms with Gasteiger partial charge < -0.3 is 5.32 Å². The quantitative estimate of drug-likeness (QED) is 0.725. The number of rotatable bonds is 5. The second-order valence-electron chi connectivity index (χ2n) is 5.43. The van der Waals surface area contributed by atoms with Crippen LogP contribution in [-0.2, 0) is 0 Å². The third-order valence-electron chi connectivity index (χ3n) is 3.92. The molecule has 0 aromatic rings. The molecule has 16 heavy (non-hydrogen) atoms. The van der Waals surface area contributed by atoms with Crippen molar-refractivity contribution in [3.63, 3.8) is 0 Å². The Morgan fingerprint density at radius 2 is 1.88 bits per heavy atom. The number of likely N-dealkylation sites (N-methyl/N-ethyl adjacent to an activating group) is 1. The van der Waals surface area contributed by atoms with Gasteiger partial charge in [0, 0.05) is 18.1 Å². The molecule has 2 nitrogen and oxygen atoms in total. The highest BCUT2D eigenvalue weighted by atomic mass is 15.2. The molecule has 1 fully saturated rings. The van der Waals surface area contributed by atoms with Crippen LogP contribution in [0.5, 0.6) is 0 Å². The first-order valence-corrected chi connectivity index (χ1v) is 7.13. The van der Waals surface area contributed by atoms with Gasteiger partial charge in [-0.25, -0.2) is 0 Å². The maximum atomic E-state index is 3.55. The molecular weight excluding hydrogens is 196 g/mol. The fourth-order valence-corrected chi connectivity index (χ4v) is 3.09. The van der Waals surface area contributed by atoms with Crippen LogP contribution in [0.3, 0.4) is 0 Å². The fraction of sp³-hybridized carbons (Fsp3) is 1.00. The molecule has 1 saturated carbocycles. The molecule has 1 aliphatic carbocycles. The van der Waals surface area contributed by atoms with E-state index in [9.17, 15) is 0 Å². The predicted molar refractivity (Wildman–Crippen MR) is 71.9 cm³/mol. The van der Waals surface area contributed by atoms with Crippen LogP contribution in [0, 0.1) is 0 Å². The average molecular weight is 226 g/mol. The van der Waals surface area contributed by atoms with Crippen molar-refractivity contribution in [2.24, 2.45) is 0 Å². The van der Waals surface area contributed by atoms with E-state index in [0.717, 1.165) is 6.04 Å². The van der Waals surface area contributed by atoms with Crippen molar-refractivity contribution in [2.45, 2.75) is 77.4 Å². The Balaban J connectivity index is 2.68. The van der Waals surface area contributed by atoms with Crippen molar-refractivity contribution in [1.29, 1.82) is 0 Å². The highest BCUT2D eigenvalue weighted by Crippen LogP contribution is 2.24. The molecule has 0 aliphatic heterocycles. The van der Waals surface area contributed by atoms with Gasteiger partial charge in [-0.2, -0.15) is 0 Å². The first kappa shape index (κ1) is 14.0. The summed E-state index contributed by atoms with van der Waals surface area (Å²) < 4.78 is 0. The summed E-state index contributed by atoms with van der Waals surface area (Å²) in [6.45, 7) is 8.22. The van der Waals surface area contributed by atoms with Gasteiger partial charge in [0.1, 0.15) is 0 Å². The lowest BCUT2D eigenvalue weighted by Crippen LogP contribution is -2.51. The van der Waals surface area contributed by atoms with Gasteiger partial charge in [0.2, 0.25) is 0 Å². The number of hydrogen-bond donors (Lipinski definition) is 1. The smallest absolute Gasteiger partial charge is 0.0251 e. The summed E-state index contributed by atoms with van der Waals surface area (Å²) in [5, 5.41) is 3.55. The van der Waals surface area contributed by atoms with Gasteiger partial charge in [-0.15, -0.1) is 0 Å². The fourth-order valence-electron chi connectivity index (χ4n) is 3.09. The second-order valence-corrected chi connectivity index (χ2v) is 5.43. The van der Waals surface area contributed by atoms with E-state index in [2.05, 4.69) is 38.0 Å². The highest BCUT2D eigenvalue weighted by molar-refractivity contribution is 4.87. The molecule has 0 heterocycles. The molecule has 0 radical (unpaired) electrons. The highest BCUT2D eigenvalue weighted by Gasteiger charge is 2.28. The number of hydrogen-bond acceptors (Lipinski definition) is 2. The second kappa shape index (κ2) is 7.29. The number of nitrogens with one attached hydrogen (secondary N) is 1. The van der Waals surface area contributed by atoms with Gasteiger partial charge in [-0.3, -0.25) is 4.90 Å². The molecular formula is C14H30N2. The van der Waals surface area contributed by atoms with E-state index >= 15 is 0 Å². The molecule has 1 N–H and O–H groups in total. The summed E-state index contributed by atoms with van der Waals surface area (Å²) in [5.74, 6) is 0. The van der Waals surface area contributed by atoms with E-state index in [4.69, 9.17) is 0 Å². The maximum Gasteiger partial charge on any atom is 0.0251 e. The molecule has 1 aliphatic rings. The van der Waals surface area contributed by atoms with Crippen LogP contribution in [0.25, 0.3) is 0 Å². The first-order chi connectivity index (χ1) is 7.70. The van der Waals surface area contributed by atoms with Crippen LogP contribution in [0.1, 0.15) is 59.3 Å². The Labute approximate surface area is 102 Å². The van der Waals surface area contributed by atoms with Crippen LogP contribution in [0.2, 0.25) is 0 Å². The van der Waals surface area contributed by atoms with E-state index in [1.54, 1.807) is 0 Å². The van der Waals surface area contributed by atoms with Crippen LogP contribution in [-0.4, -0.2) is 36.6 Å². The normalized spacial score (nSPS) is 27.4. The monoisotopic (exact) mass is 226 g/mol.